The molecule has 0 radical (unpaired) electrons. The zero-order valence-electron chi connectivity index (χ0n) is 11.9. The van der Waals surface area contributed by atoms with E-state index in [-0.39, 0.29) is 11.8 Å². The highest BCUT2D eigenvalue weighted by Crippen LogP contribution is 2.25. The van der Waals surface area contributed by atoms with Crippen LogP contribution < -0.4 is 0 Å². The van der Waals surface area contributed by atoms with Crippen LogP contribution in [0.15, 0.2) is 18.2 Å². The second-order valence-corrected chi connectivity index (χ2v) is 5.67. The van der Waals surface area contributed by atoms with Crippen molar-refractivity contribution in [3.8, 4) is 0 Å². The second kappa shape index (κ2) is 5.85. The van der Waals surface area contributed by atoms with Gasteiger partial charge in [-0.25, -0.2) is 4.79 Å². The van der Waals surface area contributed by atoms with Crippen LogP contribution in [0.2, 0.25) is 0 Å². The first-order valence-corrected chi connectivity index (χ1v) is 7.37. The van der Waals surface area contributed by atoms with Crippen LogP contribution in [0.3, 0.4) is 0 Å². The van der Waals surface area contributed by atoms with E-state index in [1.165, 1.54) is 0 Å². The van der Waals surface area contributed by atoms with Gasteiger partial charge in [-0.2, -0.15) is 0 Å². The third kappa shape index (κ3) is 2.78. The molecule has 5 nitrogen and oxygen atoms in total. The van der Waals surface area contributed by atoms with Gasteiger partial charge in [0.2, 0.25) is 5.91 Å². The van der Waals surface area contributed by atoms with Gasteiger partial charge in [-0.3, -0.25) is 4.79 Å². The molecule has 1 unspecified atom stereocenters. The molecule has 112 valence electrons. The van der Waals surface area contributed by atoms with Crippen molar-refractivity contribution in [1.29, 1.82) is 0 Å². The molecule has 1 aromatic carbocycles. The monoisotopic (exact) mass is 289 g/mol. The molecule has 5 heteroatoms. The fourth-order valence-electron chi connectivity index (χ4n) is 3.16. The van der Waals surface area contributed by atoms with Gasteiger partial charge >= 0.3 is 5.97 Å². The SMILES string of the molecule is O=C(O)c1cccc2c1CN(C(=O)C1CCCOC1)CC2. The molecule has 1 N–H and O–H groups in total. The van der Waals surface area contributed by atoms with Gasteiger partial charge in [-0.15, -0.1) is 0 Å². The van der Waals surface area contributed by atoms with Crippen LogP contribution >= 0.6 is 0 Å². The van der Waals surface area contributed by atoms with Gasteiger partial charge in [0.1, 0.15) is 0 Å². The van der Waals surface area contributed by atoms with Crippen LogP contribution in [0.4, 0.5) is 0 Å². The number of benzene rings is 1. The average molecular weight is 289 g/mol. The molecule has 1 fully saturated rings. The Morgan fingerprint density at radius 2 is 2.19 bits per heavy atom. The van der Waals surface area contributed by atoms with Crippen molar-refractivity contribution in [1.82, 2.24) is 4.90 Å². The number of hydrogen-bond donors (Lipinski definition) is 1. The Morgan fingerprint density at radius 3 is 2.90 bits per heavy atom. The number of carbonyl (C=O) groups excluding carboxylic acids is 1. The first-order chi connectivity index (χ1) is 10.2. The van der Waals surface area contributed by atoms with E-state index in [0.29, 0.717) is 25.3 Å². The predicted octanol–water partition coefficient (Wildman–Crippen LogP) is 1.70. The smallest absolute Gasteiger partial charge is 0.336 e. The number of carbonyl (C=O) groups is 2. The first kappa shape index (κ1) is 14.1. The van der Waals surface area contributed by atoms with Crippen molar-refractivity contribution in [2.75, 3.05) is 19.8 Å². The standard InChI is InChI=1S/C16H19NO4/c18-15(12-4-2-8-21-10-12)17-7-6-11-3-1-5-13(16(19)20)14(11)9-17/h1,3,5,12H,2,4,6-10H2,(H,19,20). The summed E-state index contributed by atoms with van der Waals surface area (Å²) in [5.74, 6) is -0.903. The highest BCUT2D eigenvalue weighted by molar-refractivity contribution is 5.90. The van der Waals surface area contributed by atoms with Gasteiger partial charge in [0, 0.05) is 19.7 Å². The number of hydrogen-bond acceptors (Lipinski definition) is 3. The zero-order chi connectivity index (χ0) is 14.8. The summed E-state index contributed by atoms with van der Waals surface area (Å²) in [7, 11) is 0. The molecule has 0 aromatic heterocycles. The van der Waals surface area contributed by atoms with Crippen LogP contribution in [0.25, 0.3) is 0 Å². The van der Waals surface area contributed by atoms with Crippen molar-refractivity contribution in [3.63, 3.8) is 0 Å². The fraction of sp³-hybridized carbons (Fsp3) is 0.500. The Morgan fingerprint density at radius 1 is 1.33 bits per heavy atom. The molecule has 0 spiro atoms. The largest absolute Gasteiger partial charge is 0.478 e. The molecule has 0 bridgehead atoms. The number of carboxylic acid groups (broad SMARTS) is 1. The van der Waals surface area contributed by atoms with Gasteiger partial charge in [0.15, 0.2) is 0 Å². The summed E-state index contributed by atoms with van der Waals surface area (Å²) < 4.78 is 5.38. The van der Waals surface area contributed by atoms with Crippen LogP contribution in [0, 0.1) is 5.92 Å². The molecular weight excluding hydrogens is 270 g/mol. The van der Waals surface area contributed by atoms with E-state index in [4.69, 9.17) is 4.74 Å². The normalized spacial score (nSPS) is 21.7. The van der Waals surface area contributed by atoms with Crippen LogP contribution in [-0.4, -0.2) is 41.6 Å². The second-order valence-electron chi connectivity index (χ2n) is 5.67. The molecule has 1 saturated heterocycles. The van der Waals surface area contributed by atoms with Crippen LogP contribution in [0.5, 0.6) is 0 Å². The van der Waals surface area contributed by atoms with Crippen LogP contribution in [-0.2, 0) is 22.5 Å². The maximum absolute atomic E-state index is 12.5. The quantitative estimate of drug-likeness (QED) is 0.900. The van der Waals surface area contributed by atoms with Crippen molar-refractivity contribution in [2.45, 2.75) is 25.8 Å². The Kier molecular flexibility index (Phi) is 3.92. The van der Waals surface area contributed by atoms with Gasteiger partial charge in [-0.05, 0) is 36.5 Å². The predicted molar refractivity (Wildman–Crippen MR) is 76.1 cm³/mol. The summed E-state index contributed by atoms with van der Waals surface area (Å²) in [6.45, 7) is 2.27. The van der Waals surface area contributed by atoms with E-state index < -0.39 is 5.97 Å². The molecule has 1 atom stereocenters. The molecule has 2 aliphatic heterocycles. The minimum Gasteiger partial charge on any atom is -0.478 e. The minimum absolute atomic E-state index is 0.0720. The Hall–Kier alpha value is -1.88. The number of rotatable bonds is 2. The van der Waals surface area contributed by atoms with E-state index in [1.54, 1.807) is 17.0 Å². The zero-order valence-corrected chi connectivity index (χ0v) is 11.9. The molecule has 3 rings (SSSR count). The van der Waals surface area contributed by atoms with Crippen LogP contribution in [0.1, 0.15) is 34.3 Å². The third-order valence-electron chi connectivity index (χ3n) is 4.32. The van der Waals surface area contributed by atoms with Gasteiger partial charge < -0.3 is 14.7 Å². The Labute approximate surface area is 123 Å². The number of carboxylic acids is 1. The summed E-state index contributed by atoms with van der Waals surface area (Å²) in [6, 6.07) is 5.33. The summed E-state index contributed by atoms with van der Waals surface area (Å²) >= 11 is 0. The summed E-state index contributed by atoms with van der Waals surface area (Å²) in [5.41, 5.74) is 2.13. The number of fused-ring (bicyclic) bond motifs is 1. The van der Waals surface area contributed by atoms with Gasteiger partial charge in [-0.1, -0.05) is 12.1 Å². The van der Waals surface area contributed by atoms with E-state index in [0.717, 1.165) is 37.0 Å². The van der Waals surface area contributed by atoms with E-state index >= 15 is 0 Å². The summed E-state index contributed by atoms with van der Waals surface area (Å²) in [6.07, 6.45) is 2.50. The first-order valence-electron chi connectivity index (χ1n) is 7.37. The fourth-order valence-corrected chi connectivity index (χ4v) is 3.16. The maximum atomic E-state index is 12.5. The molecule has 2 aliphatic rings. The lowest BCUT2D eigenvalue weighted by atomic mass is 9.93. The topological polar surface area (TPSA) is 66.8 Å². The van der Waals surface area contributed by atoms with Crippen molar-refractivity contribution in [2.24, 2.45) is 5.92 Å². The van der Waals surface area contributed by atoms with E-state index in [9.17, 15) is 14.7 Å². The van der Waals surface area contributed by atoms with Gasteiger partial charge in [0.05, 0.1) is 18.1 Å². The molecule has 0 saturated carbocycles. The van der Waals surface area contributed by atoms with Crippen molar-refractivity contribution in [3.05, 3.63) is 34.9 Å². The number of ether oxygens (including phenoxy) is 1. The van der Waals surface area contributed by atoms with Crippen molar-refractivity contribution >= 4 is 11.9 Å². The Balaban J connectivity index is 1.80. The van der Waals surface area contributed by atoms with Gasteiger partial charge in [0.25, 0.3) is 0 Å². The minimum atomic E-state index is -0.929. The molecular formula is C16H19NO4. The average Bonchev–Trinajstić information content (AvgIpc) is 2.53. The lowest BCUT2D eigenvalue weighted by Crippen LogP contribution is -2.42. The molecule has 21 heavy (non-hydrogen) atoms. The van der Waals surface area contributed by atoms with E-state index in [2.05, 4.69) is 0 Å². The van der Waals surface area contributed by atoms with E-state index in [1.807, 2.05) is 6.07 Å². The number of nitrogens with zero attached hydrogens (tertiary/aromatic N) is 1. The number of aromatic carboxylic acids is 1. The molecule has 1 amide bonds. The number of amides is 1. The van der Waals surface area contributed by atoms with Crippen molar-refractivity contribution < 1.29 is 19.4 Å². The molecule has 0 aliphatic carbocycles. The Bertz CT molecular complexity index is 563. The lowest BCUT2D eigenvalue weighted by Gasteiger charge is -2.33. The third-order valence-corrected chi connectivity index (χ3v) is 4.32. The highest BCUT2D eigenvalue weighted by Gasteiger charge is 2.30. The molecule has 2 heterocycles. The highest BCUT2D eigenvalue weighted by atomic mass is 16.5. The summed E-state index contributed by atoms with van der Waals surface area (Å²) in [4.78, 5) is 25.7. The molecule has 1 aromatic rings. The summed E-state index contributed by atoms with van der Waals surface area (Å²) in [5, 5.41) is 9.29. The maximum Gasteiger partial charge on any atom is 0.336 e. The lowest BCUT2D eigenvalue weighted by molar-refractivity contribution is -0.140.